The van der Waals surface area contributed by atoms with Gasteiger partial charge in [-0.2, -0.15) is 0 Å². The molecule has 4 nitrogen and oxygen atoms in total. The molecule has 0 spiro atoms. The normalized spacial score (nSPS) is 18.7. The van der Waals surface area contributed by atoms with Crippen LogP contribution in [0.4, 0.5) is 8.78 Å². The number of ether oxygens (including phenoxy) is 1. The molecule has 0 bridgehead atoms. The molecule has 126 valence electrons. The van der Waals surface area contributed by atoms with E-state index in [-0.39, 0.29) is 11.5 Å². The van der Waals surface area contributed by atoms with Gasteiger partial charge in [-0.3, -0.25) is 4.79 Å². The van der Waals surface area contributed by atoms with Crippen molar-refractivity contribution in [1.82, 2.24) is 10.2 Å². The van der Waals surface area contributed by atoms with Crippen molar-refractivity contribution < 1.29 is 18.3 Å². The Morgan fingerprint density at radius 3 is 2.87 bits per heavy atom. The first-order chi connectivity index (χ1) is 11.1. The summed E-state index contributed by atoms with van der Waals surface area (Å²) in [6.07, 6.45) is 3.36. The highest BCUT2D eigenvalue weighted by Gasteiger charge is 2.22. The van der Waals surface area contributed by atoms with Crippen LogP contribution >= 0.6 is 0 Å². The van der Waals surface area contributed by atoms with Gasteiger partial charge in [0.25, 0.3) is 0 Å². The summed E-state index contributed by atoms with van der Waals surface area (Å²) < 4.78 is 31.9. The molecule has 1 aromatic carbocycles. The van der Waals surface area contributed by atoms with E-state index in [0.717, 1.165) is 38.2 Å². The summed E-state index contributed by atoms with van der Waals surface area (Å²) in [4.78, 5) is 14.1. The van der Waals surface area contributed by atoms with E-state index in [1.54, 1.807) is 7.11 Å². The predicted octanol–water partition coefficient (Wildman–Crippen LogP) is 2.06. The molecule has 6 heteroatoms. The zero-order valence-corrected chi connectivity index (χ0v) is 13.2. The largest absolute Gasteiger partial charge is 0.383 e. The van der Waals surface area contributed by atoms with Gasteiger partial charge >= 0.3 is 0 Å². The third kappa shape index (κ3) is 5.41. The number of hydrogen-bond acceptors (Lipinski definition) is 3. The van der Waals surface area contributed by atoms with Gasteiger partial charge < -0.3 is 15.0 Å². The van der Waals surface area contributed by atoms with E-state index in [0.29, 0.717) is 19.1 Å². The Bertz CT molecular complexity index is 543. The van der Waals surface area contributed by atoms with Crippen molar-refractivity contribution in [3.63, 3.8) is 0 Å². The smallest absolute Gasteiger partial charge is 0.244 e. The van der Waals surface area contributed by atoms with Crippen LogP contribution in [-0.2, 0) is 9.53 Å². The summed E-state index contributed by atoms with van der Waals surface area (Å²) in [5.41, 5.74) is -0.200. The van der Waals surface area contributed by atoms with Crippen molar-refractivity contribution >= 4 is 12.0 Å². The van der Waals surface area contributed by atoms with Crippen molar-refractivity contribution in [2.24, 2.45) is 5.92 Å². The first kappa shape index (κ1) is 17.6. The van der Waals surface area contributed by atoms with Crippen LogP contribution in [0.2, 0.25) is 0 Å². The molecule has 1 fully saturated rings. The molecule has 2 rings (SSSR count). The van der Waals surface area contributed by atoms with Gasteiger partial charge in [0.2, 0.25) is 5.91 Å². The third-order valence-electron chi connectivity index (χ3n) is 3.95. The standard InChI is InChI=1S/C17H22F2N2O2/c1-23-10-9-21-8-7-13(12-21)11-20-17(22)6-5-14-15(18)3-2-4-16(14)19/h2-6,13H,7-12H2,1H3,(H,20,22)/b6-5-/t13-/m0/s1. The van der Waals surface area contributed by atoms with Crippen LogP contribution < -0.4 is 5.32 Å². The van der Waals surface area contributed by atoms with Crippen LogP contribution in [0.3, 0.4) is 0 Å². The average Bonchev–Trinajstić information content (AvgIpc) is 2.98. The lowest BCUT2D eigenvalue weighted by molar-refractivity contribution is -0.116. The molecule has 1 aromatic rings. The van der Waals surface area contributed by atoms with Crippen LogP contribution in [0.5, 0.6) is 0 Å². The maximum atomic E-state index is 13.4. The number of benzene rings is 1. The lowest BCUT2D eigenvalue weighted by Gasteiger charge is -2.15. The Kier molecular flexibility index (Phi) is 6.67. The lowest BCUT2D eigenvalue weighted by atomic mass is 10.1. The van der Waals surface area contributed by atoms with Gasteiger partial charge in [0.15, 0.2) is 0 Å². The number of hydrogen-bond donors (Lipinski definition) is 1. The van der Waals surface area contributed by atoms with Crippen molar-refractivity contribution in [3.8, 4) is 0 Å². The summed E-state index contributed by atoms with van der Waals surface area (Å²) in [5.74, 6) is -1.31. The fraction of sp³-hybridized carbons (Fsp3) is 0.471. The van der Waals surface area contributed by atoms with Crippen LogP contribution in [0.15, 0.2) is 24.3 Å². The van der Waals surface area contributed by atoms with Gasteiger partial charge in [0.05, 0.1) is 6.61 Å². The maximum absolute atomic E-state index is 13.4. The van der Waals surface area contributed by atoms with Crippen LogP contribution in [0, 0.1) is 17.6 Å². The van der Waals surface area contributed by atoms with E-state index in [9.17, 15) is 13.6 Å². The van der Waals surface area contributed by atoms with E-state index < -0.39 is 11.6 Å². The van der Waals surface area contributed by atoms with Crippen molar-refractivity contribution in [1.29, 1.82) is 0 Å². The maximum Gasteiger partial charge on any atom is 0.244 e. The topological polar surface area (TPSA) is 41.6 Å². The van der Waals surface area contributed by atoms with Crippen molar-refractivity contribution in [3.05, 3.63) is 41.5 Å². The molecule has 1 amide bonds. The highest BCUT2D eigenvalue weighted by molar-refractivity contribution is 5.91. The molecular formula is C17H22F2N2O2. The quantitative estimate of drug-likeness (QED) is 0.781. The summed E-state index contributed by atoms with van der Waals surface area (Å²) in [6, 6.07) is 3.61. The number of nitrogens with one attached hydrogen (secondary N) is 1. The van der Waals surface area contributed by atoms with Crippen LogP contribution in [0.1, 0.15) is 12.0 Å². The Labute approximate surface area is 135 Å². The SMILES string of the molecule is COCCN1CC[C@@H](CNC(=O)/C=C\c2c(F)cccc2F)C1. The second-order valence-electron chi connectivity index (χ2n) is 5.66. The third-order valence-corrected chi connectivity index (χ3v) is 3.95. The van der Waals surface area contributed by atoms with Crippen molar-refractivity contribution in [2.45, 2.75) is 6.42 Å². The molecule has 23 heavy (non-hydrogen) atoms. The van der Waals surface area contributed by atoms with Crippen LogP contribution in [-0.4, -0.2) is 50.7 Å². The fourth-order valence-electron chi connectivity index (χ4n) is 2.64. The predicted molar refractivity (Wildman–Crippen MR) is 84.8 cm³/mol. The van der Waals surface area contributed by atoms with Gasteiger partial charge in [-0.25, -0.2) is 8.78 Å². The molecule has 1 N–H and O–H groups in total. The fourth-order valence-corrected chi connectivity index (χ4v) is 2.64. The molecule has 1 aliphatic heterocycles. The second-order valence-corrected chi connectivity index (χ2v) is 5.66. The minimum atomic E-state index is -0.682. The monoisotopic (exact) mass is 324 g/mol. The molecule has 1 saturated heterocycles. The Morgan fingerprint density at radius 1 is 1.43 bits per heavy atom. The molecule has 1 atom stereocenters. The van der Waals surface area contributed by atoms with Gasteiger partial charge in [0, 0.05) is 38.4 Å². The Morgan fingerprint density at radius 2 is 2.17 bits per heavy atom. The minimum absolute atomic E-state index is 0.200. The zero-order valence-electron chi connectivity index (χ0n) is 13.2. The first-order valence-electron chi connectivity index (χ1n) is 7.71. The Balaban J connectivity index is 1.76. The van der Waals surface area contributed by atoms with E-state index >= 15 is 0 Å². The van der Waals surface area contributed by atoms with Crippen molar-refractivity contribution in [2.75, 3.05) is 39.9 Å². The number of likely N-dealkylation sites (tertiary alicyclic amines) is 1. The average molecular weight is 324 g/mol. The van der Waals surface area contributed by atoms with Gasteiger partial charge in [-0.1, -0.05) is 6.07 Å². The molecular weight excluding hydrogens is 302 g/mol. The van der Waals surface area contributed by atoms with Gasteiger partial charge in [-0.15, -0.1) is 0 Å². The van der Waals surface area contributed by atoms with E-state index in [4.69, 9.17) is 4.74 Å². The first-order valence-corrected chi connectivity index (χ1v) is 7.71. The molecule has 0 radical (unpaired) electrons. The Hall–Kier alpha value is -1.79. The molecule has 0 saturated carbocycles. The summed E-state index contributed by atoms with van der Waals surface area (Å²) >= 11 is 0. The number of carbonyl (C=O) groups excluding carboxylic acids is 1. The number of methoxy groups -OCH3 is 1. The van der Waals surface area contributed by atoms with Crippen LogP contribution in [0.25, 0.3) is 6.08 Å². The molecule has 0 aromatic heterocycles. The zero-order chi connectivity index (χ0) is 16.7. The number of rotatable bonds is 7. The molecule has 0 aliphatic carbocycles. The molecule has 0 unspecified atom stereocenters. The number of carbonyl (C=O) groups is 1. The lowest BCUT2D eigenvalue weighted by Crippen LogP contribution is -2.30. The number of amides is 1. The van der Waals surface area contributed by atoms with E-state index in [1.165, 1.54) is 18.2 Å². The number of nitrogens with zero attached hydrogens (tertiary/aromatic N) is 1. The number of halogens is 2. The highest BCUT2D eigenvalue weighted by atomic mass is 19.1. The van der Waals surface area contributed by atoms with Gasteiger partial charge in [-0.05, 0) is 37.1 Å². The second kappa shape index (κ2) is 8.74. The summed E-state index contributed by atoms with van der Waals surface area (Å²) in [5, 5.41) is 2.78. The molecule has 1 heterocycles. The minimum Gasteiger partial charge on any atom is -0.383 e. The van der Waals surface area contributed by atoms with Gasteiger partial charge in [0.1, 0.15) is 11.6 Å². The van der Waals surface area contributed by atoms with E-state index in [2.05, 4.69) is 10.2 Å². The summed E-state index contributed by atoms with van der Waals surface area (Å²) in [7, 11) is 1.68. The summed E-state index contributed by atoms with van der Waals surface area (Å²) in [6.45, 7) is 4.09. The van der Waals surface area contributed by atoms with E-state index in [1.807, 2.05) is 0 Å². The molecule has 1 aliphatic rings. The highest BCUT2D eigenvalue weighted by Crippen LogP contribution is 2.15.